The lowest BCUT2D eigenvalue weighted by Crippen LogP contribution is -2.29. The van der Waals surface area contributed by atoms with Crippen LogP contribution >= 0.6 is 0 Å². The highest BCUT2D eigenvalue weighted by Crippen LogP contribution is 2.18. The molecule has 0 aliphatic rings. The van der Waals surface area contributed by atoms with Crippen molar-refractivity contribution >= 4 is 21.4 Å². The van der Waals surface area contributed by atoms with Crippen LogP contribution in [-0.4, -0.2) is 27.3 Å². The van der Waals surface area contributed by atoms with Crippen molar-refractivity contribution in [2.45, 2.75) is 13.8 Å². The van der Waals surface area contributed by atoms with Gasteiger partial charge in [-0.25, -0.2) is 13.1 Å². The minimum Gasteiger partial charge on any atom is -0.397 e. The molecular formula is C11H19N3O2S. The van der Waals surface area contributed by atoms with Gasteiger partial charge in [0.25, 0.3) is 0 Å². The molecule has 0 aliphatic heterocycles. The number of benzene rings is 1. The van der Waals surface area contributed by atoms with Crippen molar-refractivity contribution in [3.63, 3.8) is 0 Å². The van der Waals surface area contributed by atoms with Gasteiger partial charge in [0.2, 0.25) is 10.0 Å². The van der Waals surface area contributed by atoms with E-state index < -0.39 is 10.0 Å². The zero-order valence-corrected chi connectivity index (χ0v) is 11.0. The second-order valence-electron chi connectivity index (χ2n) is 3.83. The SMILES string of the molecule is CCNS(=O)(=O)CCNc1ccc(C)cc1N. The van der Waals surface area contributed by atoms with Crippen molar-refractivity contribution in [1.29, 1.82) is 0 Å². The van der Waals surface area contributed by atoms with E-state index in [0.717, 1.165) is 11.3 Å². The summed E-state index contributed by atoms with van der Waals surface area (Å²) in [7, 11) is -3.18. The number of hydrogen-bond donors (Lipinski definition) is 3. The van der Waals surface area contributed by atoms with Gasteiger partial charge < -0.3 is 11.1 Å². The van der Waals surface area contributed by atoms with Crippen molar-refractivity contribution in [3.8, 4) is 0 Å². The van der Waals surface area contributed by atoms with E-state index in [1.54, 1.807) is 6.92 Å². The minimum atomic E-state index is -3.18. The lowest BCUT2D eigenvalue weighted by atomic mass is 10.2. The van der Waals surface area contributed by atoms with E-state index in [-0.39, 0.29) is 5.75 Å². The van der Waals surface area contributed by atoms with E-state index >= 15 is 0 Å². The largest absolute Gasteiger partial charge is 0.397 e. The van der Waals surface area contributed by atoms with Gasteiger partial charge in [0, 0.05) is 13.1 Å². The summed E-state index contributed by atoms with van der Waals surface area (Å²) >= 11 is 0. The first-order chi connectivity index (χ1) is 7.94. The van der Waals surface area contributed by atoms with Crippen LogP contribution < -0.4 is 15.8 Å². The van der Waals surface area contributed by atoms with E-state index in [1.165, 1.54) is 0 Å². The predicted molar refractivity (Wildman–Crippen MR) is 71.5 cm³/mol. The second kappa shape index (κ2) is 5.88. The molecule has 0 atom stereocenters. The molecule has 0 spiro atoms. The van der Waals surface area contributed by atoms with E-state index in [2.05, 4.69) is 10.0 Å². The Hall–Kier alpha value is -1.27. The van der Waals surface area contributed by atoms with Crippen LogP contribution in [0.1, 0.15) is 12.5 Å². The maximum atomic E-state index is 11.4. The van der Waals surface area contributed by atoms with Crippen LogP contribution in [0.2, 0.25) is 0 Å². The normalized spacial score (nSPS) is 11.4. The van der Waals surface area contributed by atoms with Gasteiger partial charge in [0.15, 0.2) is 0 Å². The molecule has 0 aliphatic carbocycles. The Kier molecular flexibility index (Phi) is 4.77. The summed E-state index contributed by atoms with van der Waals surface area (Å²) in [5, 5.41) is 3.01. The van der Waals surface area contributed by atoms with Gasteiger partial charge in [0.05, 0.1) is 17.1 Å². The van der Waals surface area contributed by atoms with Crippen molar-refractivity contribution < 1.29 is 8.42 Å². The molecule has 0 saturated carbocycles. The van der Waals surface area contributed by atoms with Crippen LogP contribution in [0.5, 0.6) is 0 Å². The predicted octanol–water partition coefficient (Wildman–Crippen LogP) is 0.928. The van der Waals surface area contributed by atoms with Gasteiger partial charge in [-0.1, -0.05) is 13.0 Å². The maximum Gasteiger partial charge on any atom is 0.213 e. The van der Waals surface area contributed by atoms with E-state index in [0.29, 0.717) is 18.8 Å². The van der Waals surface area contributed by atoms with Gasteiger partial charge in [-0.05, 0) is 24.6 Å². The first kappa shape index (κ1) is 13.8. The number of nitrogen functional groups attached to an aromatic ring is 1. The van der Waals surface area contributed by atoms with Crippen LogP contribution in [0.3, 0.4) is 0 Å². The maximum absolute atomic E-state index is 11.4. The Morgan fingerprint density at radius 2 is 2.06 bits per heavy atom. The highest BCUT2D eigenvalue weighted by atomic mass is 32.2. The fourth-order valence-corrected chi connectivity index (χ4v) is 2.41. The minimum absolute atomic E-state index is 0.0359. The van der Waals surface area contributed by atoms with Gasteiger partial charge in [0.1, 0.15) is 0 Å². The Labute approximate surface area is 102 Å². The Bertz CT molecular complexity index is 472. The number of hydrogen-bond acceptors (Lipinski definition) is 4. The molecule has 0 aromatic heterocycles. The first-order valence-electron chi connectivity index (χ1n) is 5.52. The summed E-state index contributed by atoms with van der Waals surface area (Å²) in [6.07, 6.45) is 0. The van der Waals surface area contributed by atoms with E-state index in [9.17, 15) is 8.42 Å². The summed E-state index contributed by atoms with van der Waals surface area (Å²) in [5.41, 5.74) is 8.28. The molecular weight excluding hydrogens is 238 g/mol. The Balaban J connectivity index is 2.51. The van der Waals surface area contributed by atoms with Gasteiger partial charge >= 0.3 is 0 Å². The van der Waals surface area contributed by atoms with Gasteiger partial charge in [-0.15, -0.1) is 0 Å². The summed E-state index contributed by atoms with van der Waals surface area (Å²) in [5.74, 6) is 0.0359. The molecule has 0 unspecified atom stereocenters. The third kappa shape index (κ3) is 4.62. The van der Waals surface area contributed by atoms with E-state index in [1.807, 2.05) is 25.1 Å². The first-order valence-corrected chi connectivity index (χ1v) is 7.17. The van der Waals surface area contributed by atoms with Crippen molar-refractivity contribution in [2.24, 2.45) is 0 Å². The smallest absolute Gasteiger partial charge is 0.213 e. The number of sulfonamides is 1. The molecule has 96 valence electrons. The fraction of sp³-hybridized carbons (Fsp3) is 0.455. The molecule has 4 N–H and O–H groups in total. The number of aryl methyl sites for hydroxylation is 1. The van der Waals surface area contributed by atoms with Crippen LogP contribution in [0.25, 0.3) is 0 Å². The summed E-state index contributed by atoms with van der Waals surface area (Å²) in [4.78, 5) is 0. The summed E-state index contributed by atoms with van der Waals surface area (Å²) < 4.78 is 25.2. The molecule has 0 amide bonds. The molecule has 0 bridgehead atoms. The highest BCUT2D eigenvalue weighted by molar-refractivity contribution is 7.89. The lowest BCUT2D eigenvalue weighted by Gasteiger charge is -2.10. The molecule has 1 aromatic carbocycles. The fourth-order valence-electron chi connectivity index (χ4n) is 1.46. The number of nitrogens with one attached hydrogen (secondary N) is 2. The molecule has 5 nitrogen and oxygen atoms in total. The summed E-state index contributed by atoms with van der Waals surface area (Å²) in [6.45, 7) is 4.45. The molecule has 0 heterocycles. The molecule has 0 radical (unpaired) electrons. The van der Waals surface area contributed by atoms with Crippen molar-refractivity contribution in [1.82, 2.24) is 4.72 Å². The molecule has 1 rings (SSSR count). The molecule has 0 fully saturated rings. The van der Waals surface area contributed by atoms with E-state index in [4.69, 9.17) is 5.73 Å². The standard InChI is InChI=1S/C11H19N3O2S/c1-3-14-17(15,16)7-6-13-11-5-4-9(2)8-10(11)12/h4-5,8,13-14H,3,6-7,12H2,1-2H3. The number of anilines is 2. The second-order valence-corrected chi connectivity index (χ2v) is 5.76. The van der Waals surface area contributed by atoms with Crippen LogP contribution in [0.4, 0.5) is 11.4 Å². The topological polar surface area (TPSA) is 84.2 Å². The van der Waals surface area contributed by atoms with Gasteiger partial charge in [-0.3, -0.25) is 0 Å². The Morgan fingerprint density at radius 3 is 2.65 bits per heavy atom. The van der Waals surface area contributed by atoms with Crippen molar-refractivity contribution in [2.75, 3.05) is 29.9 Å². The van der Waals surface area contributed by atoms with Crippen LogP contribution in [0, 0.1) is 6.92 Å². The zero-order chi connectivity index (χ0) is 12.9. The zero-order valence-electron chi connectivity index (χ0n) is 10.2. The lowest BCUT2D eigenvalue weighted by molar-refractivity contribution is 0.584. The monoisotopic (exact) mass is 257 g/mol. The van der Waals surface area contributed by atoms with Crippen LogP contribution in [-0.2, 0) is 10.0 Å². The quantitative estimate of drug-likeness (QED) is 0.662. The number of nitrogens with two attached hydrogens (primary N) is 1. The third-order valence-corrected chi connectivity index (χ3v) is 3.73. The Morgan fingerprint density at radius 1 is 1.35 bits per heavy atom. The molecule has 17 heavy (non-hydrogen) atoms. The van der Waals surface area contributed by atoms with Gasteiger partial charge in [-0.2, -0.15) is 0 Å². The number of rotatable bonds is 6. The van der Waals surface area contributed by atoms with Crippen LogP contribution in [0.15, 0.2) is 18.2 Å². The van der Waals surface area contributed by atoms with Crippen molar-refractivity contribution in [3.05, 3.63) is 23.8 Å². The summed E-state index contributed by atoms with van der Waals surface area (Å²) in [6, 6.07) is 5.63. The highest BCUT2D eigenvalue weighted by Gasteiger charge is 2.07. The molecule has 6 heteroatoms. The molecule has 0 saturated heterocycles. The average Bonchev–Trinajstić information content (AvgIpc) is 2.21. The average molecular weight is 257 g/mol. The third-order valence-electron chi connectivity index (χ3n) is 2.26. The molecule has 1 aromatic rings.